The molecule has 0 spiro atoms. The van der Waals surface area contributed by atoms with Gasteiger partial charge >= 0.3 is 5.97 Å². The Labute approximate surface area is 144 Å². The Morgan fingerprint density at radius 3 is 2.61 bits per heavy atom. The van der Waals surface area contributed by atoms with Gasteiger partial charge in [-0.2, -0.15) is 0 Å². The molecule has 2 rings (SSSR count). The van der Waals surface area contributed by atoms with Gasteiger partial charge < -0.3 is 10.1 Å². The third-order valence-electron chi connectivity index (χ3n) is 2.98. The molecule has 2 aromatic rings. The molecule has 0 saturated carbocycles. The van der Waals surface area contributed by atoms with E-state index in [-0.39, 0.29) is 24.3 Å². The number of ether oxygens (including phenoxy) is 1. The number of rotatable bonds is 6. The number of nitrogens with one attached hydrogen (secondary N) is 1. The van der Waals surface area contributed by atoms with Crippen molar-refractivity contribution in [2.45, 2.75) is 24.8 Å². The minimum atomic E-state index is -0.432. The molecule has 0 aliphatic rings. The summed E-state index contributed by atoms with van der Waals surface area (Å²) in [4.78, 5) is 24.1. The number of esters is 1. The van der Waals surface area contributed by atoms with E-state index in [2.05, 4.69) is 5.32 Å². The van der Waals surface area contributed by atoms with E-state index in [1.807, 2.05) is 50.2 Å². The van der Waals surface area contributed by atoms with Crippen LogP contribution in [-0.4, -0.2) is 30.3 Å². The predicted molar refractivity (Wildman–Crippen MR) is 93.9 cm³/mol. The number of hydrogen-bond acceptors (Lipinski definition) is 4. The lowest BCUT2D eigenvalue weighted by molar-refractivity contribution is -0.146. The number of amides is 1. The molecule has 6 heteroatoms. The maximum absolute atomic E-state index is 11.8. The molecular formula is C17H18ClNO3S. The van der Waals surface area contributed by atoms with Crippen LogP contribution in [0.3, 0.4) is 0 Å². The van der Waals surface area contributed by atoms with Gasteiger partial charge in [-0.05, 0) is 31.4 Å². The van der Waals surface area contributed by atoms with Crippen molar-refractivity contribution in [3.05, 3.63) is 41.4 Å². The molecule has 4 nitrogen and oxygen atoms in total. The zero-order valence-corrected chi connectivity index (χ0v) is 14.5. The molecule has 0 saturated heterocycles. The predicted octanol–water partition coefficient (Wildman–Crippen LogP) is 3.65. The number of carbonyl (C=O) groups excluding carboxylic acids is 2. The largest absolute Gasteiger partial charge is 0.455 e. The zero-order valence-electron chi connectivity index (χ0n) is 13.0. The number of hydrogen-bond donors (Lipinski definition) is 1. The van der Waals surface area contributed by atoms with Crippen molar-refractivity contribution in [2.75, 3.05) is 12.4 Å². The smallest absolute Gasteiger partial charge is 0.316 e. The minimum Gasteiger partial charge on any atom is -0.455 e. The highest BCUT2D eigenvalue weighted by Crippen LogP contribution is 2.33. The van der Waals surface area contributed by atoms with Gasteiger partial charge in [-0.1, -0.05) is 35.9 Å². The summed E-state index contributed by atoms with van der Waals surface area (Å²) >= 11 is 7.59. The van der Waals surface area contributed by atoms with Gasteiger partial charge in [-0.3, -0.25) is 9.59 Å². The first-order valence-corrected chi connectivity index (χ1v) is 8.58. The molecule has 0 aliphatic heterocycles. The standard InChI is InChI=1S/C17H18ClNO3S/c1-11(2)19-15(20)9-22-16(21)10-23-14-8-4-6-12-5-3-7-13(18)17(12)14/h3-8,11H,9-10H2,1-2H3,(H,19,20). The van der Waals surface area contributed by atoms with Crippen molar-refractivity contribution in [1.29, 1.82) is 0 Å². The molecule has 1 amide bonds. The highest BCUT2D eigenvalue weighted by molar-refractivity contribution is 8.00. The lowest BCUT2D eigenvalue weighted by Gasteiger charge is -2.10. The molecule has 122 valence electrons. The maximum Gasteiger partial charge on any atom is 0.316 e. The highest BCUT2D eigenvalue weighted by Gasteiger charge is 2.11. The summed E-state index contributed by atoms with van der Waals surface area (Å²) < 4.78 is 4.96. The molecule has 0 heterocycles. The Kier molecular flexibility index (Phi) is 6.30. The second-order valence-corrected chi connectivity index (χ2v) is 6.69. The lowest BCUT2D eigenvalue weighted by atomic mass is 10.1. The molecule has 0 atom stereocenters. The summed E-state index contributed by atoms with van der Waals surface area (Å²) in [6.45, 7) is 3.44. The average Bonchev–Trinajstić information content (AvgIpc) is 2.50. The second kappa shape index (κ2) is 8.22. The van der Waals surface area contributed by atoms with E-state index >= 15 is 0 Å². The van der Waals surface area contributed by atoms with Crippen LogP contribution < -0.4 is 5.32 Å². The van der Waals surface area contributed by atoms with E-state index in [1.165, 1.54) is 11.8 Å². The van der Waals surface area contributed by atoms with E-state index in [0.717, 1.165) is 15.7 Å². The SMILES string of the molecule is CC(C)NC(=O)COC(=O)CSc1cccc2cccc(Cl)c12. The number of fused-ring (bicyclic) bond motifs is 1. The molecule has 0 radical (unpaired) electrons. The van der Waals surface area contributed by atoms with Gasteiger partial charge in [0.2, 0.25) is 0 Å². The fourth-order valence-corrected chi connectivity index (χ4v) is 3.31. The van der Waals surface area contributed by atoms with Crippen molar-refractivity contribution < 1.29 is 14.3 Å². The third-order valence-corrected chi connectivity index (χ3v) is 4.32. The summed E-state index contributed by atoms with van der Waals surface area (Å²) in [5, 5.41) is 5.26. The lowest BCUT2D eigenvalue weighted by Crippen LogP contribution is -2.34. The number of halogens is 1. The molecule has 2 aromatic carbocycles. The molecular weight excluding hydrogens is 334 g/mol. The van der Waals surface area contributed by atoms with Crippen molar-refractivity contribution in [3.8, 4) is 0 Å². The molecule has 0 unspecified atom stereocenters. The quantitative estimate of drug-likeness (QED) is 0.637. The summed E-state index contributed by atoms with van der Waals surface area (Å²) in [6.07, 6.45) is 0. The van der Waals surface area contributed by atoms with E-state index in [9.17, 15) is 9.59 Å². The first-order valence-electron chi connectivity index (χ1n) is 7.22. The Morgan fingerprint density at radius 2 is 1.91 bits per heavy atom. The van der Waals surface area contributed by atoms with Crippen molar-refractivity contribution >= 4 is 46.0 Å². The fraction of sp³-hybridized carbons (Fsp3) is 0.294. The zero-order chi connectivity index (χ0) is 16.8. The monoisotopic (exact) mass is 351 g/mol. The fourth-order valence-electron chi connectivity index (χ4n) is 2.07. The molecule has 0 bridgehead atoms. The van der Waals surface area contributed by atoms with Gasteiger partial charge in [-0.25, -0.2) is 0 Å². The Hall–Kier alpha value is -1.72. The van der Waals surface area contributed by atoms with Gasteiger partial charge in [-0.15, -0.1) is 11.8 Å². The van der Waals surface area contributed by atoms with Crippen LogP contribution in [0.5, 0.6) is 0 Å². The molecule has 0 fully saturated rings. The van der Waals surface area contributed by atoms with Crippen LogP contribution in [0.1, 0.15) is 13.8 Å². The van der Waals surface area contributed by atoms with Crippen LogP contribution in [-0.2, 0) is 14.3 Å². The van der Waals surface area contributed by atoms with Crippen LogP contribution in [0.4, 0.5) is 0 Å². The summed E-state index contributed by atoms with van der Waals surface area (Å²) in [5.74, 6) is -0.608. The second-order valence-electron chi connectivity index (χ2n) is 5.27. The van der Waals surface area contributed by atoms with Crippen molar-refractivity contribution in [2.24, 2.45) is 0 Å². The average molecular weight is 352 g/mol. The van der Waals surface area contributed by atoms with Crippen LogP contribution in [0, 0.1) is 0 Å². The number of carbonyl (C=O) groups is 2. The Balaban J connectivity index is 1.94. The van der Waals surface area contributed by atoms with Crippen LogP contribution in [0.25, 0.3) is 10.8 Å². The normalized spacial score (nSPS) is 10.8. The Bertz CT molecular complexity index is 713. The summed E-state index contributed by atoms with van der Waals surface area (Å²) in [6, 6.07) is 11.5. The number of benzene rings is 2. The first-order chi connectivity index (χ1) is 11.0. The van der Waals surface area contributed by atoms with E-state index in [0.29, 0.717) is 5.02 Å². The molecule has 1 N–H and O–H groups in total. The molecule has 23 heavy (non-hydrogen) atoms. The van der Waals surface area contributed by atoms with Crippen LogP contribution in [0.15, 0.2) is 41.3 Å². The van der Waals surface area contributed by atoms with E-state index in [4.69, 9.17) is 16.3 Å². The first kappa shape index (κ1) is 17.6. The summed E-state index contributed by atoms with van der Waals surface area (Å²) in [5.41, 5.74) is 0. The van der Waals surface area contributed by atoms with Gasteiger partial charge in [0.25, 0.3) is 5.91 Å². The van der Waals surface area contributed by atoms with Gasteiger partial charge in [0.15, 0.2) is 6.61 Å². The highest BCUT2D eigenvalue weighted by atomic mass is 35.5. The van der Waals surface area contributed by atoms with Crippen LogP contribution >= 0.6 is 23.4 Å². The van der Waals surface area contributed by atoms with Gasteiger partial charge in [0.05, 0.1) is 5.75 Å². The minimum absolute atomic E-state index is 0.0217. The topological polar surface area (TPSA) is 55.4 Å². The Morgan fingerprint density at radius 1 is 1.22 bits per heavy atom. The number of thioether (sulfide) groups is 1. The third kappa shape index (κ3) is 5.15. The van der Waals surface area contributed by atoms with Crippen molar-refractivity contribution in [1.82, 2.24) is 5.32 Å². The molecule has 0 aliphatic carbocycles. The van der Waals surface area contributed by atoms with Gasteiger partial charge in [0, 0.05) is 21.3 Å². The van der Waals surface area contributed by atoms with E-state index < -0.39 is 5.97 Å². The summed E-state index contributed by atoms with van der Waals surface area (Å²) in [7, 11) is 0. The van der Waals surface area contributed by atoms with Crippen LogP contribution in [0.2, 0.25) is 5.02 Å². The molecule has 0 aromatic heterocycles. The van der Waals surface area contributed by atoms with Gasteiger partial charge in [0.1, 0.15) is 0 Å². The van der Waals surface area contributed by atoms with Crippen molar-refractivity contribution in [3.63, 3.8) is 0 Å². The van der Waals surface area contributed by atoms with E-state index in [1.54, 1.807) is 0 Å². The maximum atomic E-state index is 11.8.